The fraction of sp³-hybridized carbons (Fsp3) is 0.241. The average molecular weight is 501 g/mol. The quantitative estimate of drug-likeness (QED) is 0.306. The molecule has 1 N–H and O–H groups in total. The van der Waals surface area contributed by atoms with E-state index >= 15 is 0 Å². The van der Waals surface area contributed by atoms with Gasteiger partial charge in [-0.25, -0.2) is 0 Å². The van der Waals surface area contributed by atoms with E-state index < -0.39 is 17.7 Å². The number of amides is 1. The Bertz CT molecular complexity index is 1410. The van der Waals surface area contributed by atoms with E-state index in [0.717, 1.165) is 17.0 Å². The van der Waals surface area contributed by atoms with Crippen LogP contribution in [0.3, 0.4) is 0 Å². The van der Waals surface area contributed by atoms with Gasteiger partial charge >= 0.3 is 0 Å². The van der Waals surface area contributed by atoms with E-state index in [9.17, 15) is 14.7 Å². The molecule has 2 aliphatic heterocycles. The van der Waals surface area contributed by atoms with Crippen LogP contribution in [-0.4, -0.2) is 51.7 Å². The number of benzene rings is 3. The number of anilines is 2. The first-order valence-electron chi connectivity index (χ1n) is 11.9. The van der Waals surface area contributed by atoms with E-state index in [2.05, 4.69) is 0 Å². The number of rotatable bonds is 6. The zero-order chi connectivity index (χ0) is 26.3. The Morgan fingerprint density at radius 3 is 2.38 bits per heavy atom. The van der Waals surface area contributed by atoms with Crippen molar-refractivity contribution in [3.05, 3.63) is 82.9 Å². The largest absolute Gasteiger partial charge is 0.507 e. The van der Waals surface area contributed by atoms with Crippen molar-refractivity contribution in [2.24, 2.45) is 0 Å². The van der Waals surface area contributed by atoms with Gasteiger partial charge in [-0.2, -0.15) is 0 Å². The summed E-state index contributed by atoms with van der Waals surface area (Å²) in [5.41, 5.74) is 3.49. The number of methoxy groups -OCH3 is 2. The highest BCUT2D eigenvalue weighted by Gasteiger charge is 2.47. The first-order valence-corrected chi connectivity index (χ1v) is 11.9. The van der Waals surface area contributed by atoms with Crippen LogP contribution in [0.25, 0.3) is 5.76 Å². The molecule has 8 heteroatoms. The smallest absolute Gasteiger partial charge is 0.300 e. The summed E-state index contributed by atoms with van der Waals surface area (Å²) < 4.78 is 16.5. The molecule has 37 heavy (non-hydrogen) atoms. The Morgan fingerprint density at radius 2 is 1.70 bits per heavy atom. The zero-order valence-electron chi connectivity index (χ0n) is 21.1. The summed E-state index contributed by atoms with van der Waals surface area (Å²) in [5, 5.41) is 11.5. The fourth-order valence-corrected chi connectivity index (χ4v) is 4.84. The molecule has 0 aliphatic carbocycles. The summed E-state index contributed by atoms with van der Waals surface area (Å²) in [7, 11) is 6.90. The maximum Gasteiger partial charge on any atom is 0.300 e. The molecule has 0 radical (unpaired) electrons. The number of carbonyl (C=O) groups is 2. The lowest BCUT2D eigenvalue weighted by Gasteiger charge is -2.26. The number of Topliss-reactive ketones (excluding diaryl/α,β-unsaturated/α-hetero) is 1. The van der Waals surface area contributed by atoms with Crippen molar-refractivity contribution in [2.45, 2.75) is 12.5 Å². The van der Waals surface area contributed by atoms with Crippen LogP contribution in [0.4, 0.5) is 11.4 Å². The molecule has 0 aromatic heterocycles. The molecule has 0 bridgehead atoms. The molecule has 3 aromatic carbocycles. The number of hydrogen-bond acceptors (Lipinski definition) is 7. The first kappa shape index (κ1) is 24.2. The van der Waals surface area contributed by atoms with Crippen molar-refractivity contribution in [1.82, 2.24) is 0 Å². The van der Waals surface area contributed by atoms with E-state index in [4.69, 9.17) is 14.2 Å². The molecule has 8 nitrogen and oxygen atoms in total. The zero-order valence-corrected chi connectivity index (χ0v) is 21.1. The van der Waals surface area contributed by atoms with Crippen LogP contribution in [0.2, 0.25) is 0 Å². The molecule has 1 atom stereocenters. The van der Waals surface area contributed by atoms with Crippen molar-refractivity contribution in [1.29, 1.82) is 0 Å². The van der Waals surface area contributed by atoms with E-state index in [1.165, 1.54) is 19.1 Å². The monoisotopic (exact) mass is 500 g/mol. The van der Waals surface area contributed by atoms with E-state index in [0.29, 0.717) is 41.3 Å². The van der Waals surface area contributed by atoms with Crippen molar-refractivity contribution in [2.75, 3.05) is 44.7 Å². The number of aliphatic hydroxyl groups is 1. The molecule has 3 aromatic rings. The van der Waals surface area contributed by atoms with E-state index in [-0.39, 0.29) is 11.3 Å². The average Bonchev–Trinajstić information content (AvgIpc) is 3.49. The van der Waals surface area contributed by atoms with Crippen molar-refractivity contribution >= 4 is 28.8 Å². The Kier molecular flexibility index (Phi) is 6.25. The second kappa shape index (κ2) is 9.54. The van der Waals surface area contributed by atoms with E-state index in [1.54, 1.807) is 42.5 Å². The molecule has 2 aliphatic rings. The van der Waals surface area contributed by atoms with Gasteiger partial charge in [0.15, 0.2) is 11.5 Å². The minimum absolute atomic E-state index is 0.00720. The van der Waals surface area contributed by atoms with Gasteiger partial charge < -0.3 is 24.2 Å². The van der Waals surface area contributed by atoms with Gasteiger partial charge in [-0.05, 0) is 65.7 Å². The molecule has 2 heterocycles. The minimum atomic E-state index is -0.880. The summed E-state index contributed by atoms with van der Waals surface area (Å²) in [6, 6.07) is 16.9. The highest BCUT2D eigenvalue weighted by Crippen LogP contribution is 2.44. The number of ether oxygens (including phenoxy) is 3. The summed E-state index contributed by atoms with van der Waals surface area (Å²) in [6.07, 6.45) is 0.710. The van der Waals surface area contributed by atoms with Gasteiger partial charge in [0.2, 0.25) is 0 Å². The molecule has 1 amide bonds. The molecule has 1 saturated heterocycles. The highest BCUT2D eigenvalue weighted by molar-refractivity contribution is 6.51. The third-order valence-corrected chi connectivity index (χ3v) is 6.77. The normalized spacial score (nSPS) is 17.9. The third-order valence-electron chi connectivity index (χ3n) is 6.77. The predicted molar refractivity (Wildman–Crippen MR) is 141 cm³/mol. The van der Waals surface area contributed by atoms with Crippen LogP contribution in [0, 0.1) is 0 Å². The lowest BCUT2D eigenvalue weighted by molar-refractivity contribution is -0.132. The highest BCUT2D eigenvalue weighted by atomic mass is 16.5. The molecule has 1 fully saturated rings. The van der Waals surface area contributed by atoms with Gasteiger partial charge in [-0.1, -0.05) is 6.07 Å². The van der Waals surface area contributed by atoms with Crippen LogP contribution < -0.4 is 24.0 Å². The lowest BCUT2D eigenvalue weighted by atomic mass is 9.94. The Balaban J connectivity index is 1.70. The summed E-state index contributed by atoms with van der Waals surface area (Å²) in [6.45, 7) is 0.568. The SMILES string of the molecule is COc1ccc(C2/C(=C(\O)c3ccc4c(c3)CCO4)C(=O)C(=O)N2c2ccc(N(C)C)cc2)cc1OC. The standard InChI is InChI=1S/C29H28N2O6/c1-30(2)20-7-9-21(10-8-20)31-26(18-5-12-23(35-3)24(16-18)36-4)25(28(33)29(31)34)27(32)19-6-11-22-17(15-19)13-14-37-22/h5-12,15-16,26,32H,13-14H2,1-4H3/b27-25+. The lowest BCUT2D eigenvalue weighted by Crippen LogP contribution is -2.29. The summed E-state index contributed by atoms with van der Waals surface area (Å²) >= 11 is 0. The maximum atomic E-state index is 13.5. The van der Waals surface area contributed by atoms with Gasteiger partial charge in [0.25, 0.3) is 11.7 Å². The molecule has 0 saturated carbocycles. The van der Waals surface area contributed by atoms with Crippen LogP contribution in [-0.2, 0) is 16.0 Å². The van der Waals surface area contributed by atoms with Gasteiger partial charge in [0.05, 0.1) is 32.4 Å². The number of nitrogens with zero attached hydrogens (tertiary/aromatic N) is 2. The van der Waals surface area contributed by atoms with E-state index in [1.807, 2.05) is 37.2 Å². The Hall–Kier alpha value is -4.46. The number of aliphatic hydroxyl groups excluding tert-OH is 1. The minimum Gasteiger partial charge on any atom is -0.507 e. The topological polar surface area (TPSA) is 88.5 Å². The maximum absolute atomic E-state index is 13.5. The third kappa shape index (κ3) is 4.14. The second-order valence-corrected chi connectivity index (χ2v) is 9.12. The number of fused-ring (bicyclic) bond motifs is 1. The predicted octanol–water partition coefficient (Wildman–Crippen LogP) is 4.33. The van der Waals surface area contributed by atoms with Crippen LogP contribution in [0.5, 0.6) is 17.2 Å². The van der Waals surface area contributed by atoms with Crippen molar-refractivity contribution in [3.8, 4) is 17.2 Å². The number of carbonyl (C=O) groups excluding carboxylic acids is 2. The van der Waals surface area contributed by atoms with Gasteiger partial charge in [0.1, 0.15) is 11.5 Å². The molecular weight excluding hydrogens is 472 g/mol. The second-order valence-electron chi connectivity index (χ2n) is 9.12. The van der Waals surface area contributed by atoms with Crippen LogP contribution in [0.1, 0.15) is 22.7 Å². The fourth-order valence-electron chi connectivity index (χ4n) is 4.84. The van der Waals surface area contributed by atoms with Crippen LogP contribution in [0.15, 0.2) is 66.2 Å². The molecule has 5 rings (SSSR count). The van der Waals surface area contributed by atoms with Crippen LogP contribution >= 0.6 is 0 Å². The van der Waals surface area contributed by atoms with Gasteiger partial charge in [-0.15, -0.1) is 0 Å². The Labute approximate surface area is 215 Å². The molecule has 1 unspecified atom stereocenters. The Morgan fingerprint density at radius 1 is 0.973 bits per heavy atom. The van der Waals surface area contributed by atoms with Crippen molar-refractivity contribution < 1.29 is 28.9 Å². The summed E-state index contributed by atoms with van der Waals surface area (Å²) in [5.74, 6) is 0.00389. The number of hydrogen-bond donors (Lipinski definition) is 1. The molecule has 190 valence electrons. The molecule has 0 spiro atoms. The van der Waals surface area contributed by atoms with Gasteiger partial charge in [0, 0.05) is 37.5 Å². The first-order chi connectivity index (χ1) is 17.8. The van der Waals surface area contributed by atoms with Crippen molar-refractivity contribution in [3.63, 3.8) is 0 Å². The number of ketones is 1. The summed E-state index contributed by atoms with van der Waals surface area (Å²) in [4.78, 5) is 30.3. The molecular formula is C29H28N2O6. The van der Waals surface area contributed by atoms with Gasteiger partial charge in [-0.3, -0.25) is 14.5 Å².